The zero-order valence-electron chi connectivity index (χ0n) is 18.2. The van der Waals surface area contributed by atoms with Crippen LogP contribution in [0, 0.1) is 20.8 Å². The summed E-state index contributed by atoms with van der Waals surface area (Å²) in [6.07, 6.45) is 0.485. The van der Waals surface area contributed by atoms with Gasteiger partial charge in [0.1, 0.15) is 5.75 Å². The highest BCUT2D eigenvalue weighted by Crippen LogP contribution is 2.32. The fraction of sp³-hybridized carbons (Fsp3) is 0.417. The molecule has 1 aliphatic rings. The van der Waals surface area contributed by atoms with Crippen LogP contribution in [0.4, 0.5) is 5.13 Å². The lowest BCUT2D eigenvalue weighted by molar-refractivity contribution is -0.130. The smallest absolute Gasteiger partial charge is 0.227 e. The van der Waals surface area contributed by atoms with Crippen molar-refractivity contribution in [3.63, 3.8) is 0 Å². The summed E-state index contributed by atoms with van der Waals surface area (Å²) in [5, 5.41) is 1.02. The number of anilines is 1. The number of aromatic nitrogens is 1. The molecule has 1 aliphatic heterocycles. The number of piperazine rings is 1. The van der Waals surface area contributed by atoms with E-state index in [0.717, 1.165) is 47.3 Å². The van der Waals surface area contributed by atoms with Crippen LogP contribution >= 0.6 is 11.3 Å². The van der Waals surface area contributed by atoms with Crippen LogP contribution in [0.1, 0.15) is 29.2 Å². The van der Waals surface area contributed by atoms with Gasteiger partial charge in [-0.2, -0.15) is 0 Å². The molecule has 1 amide bonds. The van der Waals surface area contributed by atoms with Crippen LogP contribution in [0.25, 0.3) is 10.2 Å². The molecule has 0 aliphatic carbocycles. The fourth-order valence-corrected chi connectivity index (χ4v) is 5.23. The lowest BCUT2D eigenvalue weighted by Gasteiger charge is -2.34. The van der Waals surface area contributed by atoms with Crippen molar-refractivity contribution in [1.29, 1.82) is 0 Å². The summed E-state index contributed by atoms with van der Waals surface area (Å²) in [5.41, 5.74) is 5.84. The lowest BCUT2D eigenvalue weighted by Crippen LogP contribution is -2.49. The van der Waals surface area contributed by atoms with Crippen LogP contribution in [-0.4, -0.2) is 48.6 Å². The summed E-state index contributed by atoms with van der Waals surface area (Å²) in [5.74, 6) is 1.10. The van der Waals surface area contributed by atoms with Crippen molar-refractivity contribution in [2.24, 2.45) is 0 Å². The number of nitrogens with zero attached hydrogens (tertiary/aromatic N) is 3. The number of carbonyl (C=O) groups excluding carboxylic acids is 1. The molecule has 6 heteroatoms. The molecule has 0 N–H and O–H groups in total. The van der Waals surface area contributed by atoms with Crippen molar-refractivity contribution in [1.82, 2.24) is 9.88 Å². The molecule has 4 rings (SSSR count). The summed E-state index contributed by atoms with van der Waals surface area (Å²) < 4.78 is 6.74. The maximum absolute atomic E-state index is 12.9. The monoisotopic (exact) mass is 423 g/mol. The molecule has 2 heterocycles. The van der Waals surface area contributed by atoms with Crippen molar-refractivity contribution in [3.05, 3.63) is 52.6 Å². The molecule has 1 fully saturated rings. The molecular weight excluding hydrogens is 394 g/mol. The van der Waals surface area contributed by atoms with Crippen molar-refractivity contribution in [3.8, 4) is 5.75 Å². The number of carbonyl (C=O) groups is 1. The van der Waals surface area contributed by atoms with Crippen LogP contribution < -0.4 is 9.64 Å². The Balaban J connectivity index is 1.40. The first-order valence-electron chi connectivity index (χ1n) is 10.6. The second-order valence-electron chi connectivity index (χ2n) is 7.98. The second-order valence-corrected chi connectivity index (χ2v) is 8.99. The number of amides is 1. The van der Waals surface area contributed by atoms with Gasteiger partial charge in [0.25, 0.3) is 0 Å². The van der Waals surface area contributed by atoms with Gasteiger partial charge >= 0.3 is 0 Å². The van der Waals surface area contributed by atoms with Gasteiger partial charge in [-0.3, -0.25) is 4.79 Å². The number of rotatable bonds is 5. The van der Waals surface area contributed by atoms with Gasteiger partial charge in [-0.05, 0) is 62.6 Å². The van der Waals surface area contributed by atoms with Crippen LogP contribution in [0.15, 0.2) is 30.3 Å². The van der Waals surface area contributed by atoms with E-state index in [0.29, 0.717) is 13.0 Å². The number of fused-ring (bicyclic) bond motifs is 1. The Morgan fingerprint density at radius 1 is 1.07 bits per heavy atom. The standard InChI is InChI=1S/C24H29N3O2S/c1-5-29-19-6-7-21-22(14-19)30-24(25-21)27-10-8-26(9-11-27)23(28)15-20-17(3)12-16(2)13-18(20)4/h6-7,12-14H,5,8-11,15H2,1-4H3. The molecule has 0 atom stereocenters. The number of aryl methyl sites for hydroxylation is 3. The molecule has 1 aromatic heterocycles. The molecular formula is C24H29N3O2S. The van der Waals surface area contributed by atoms with Gasteiger partial charge in [-0.25, -0.2) is 4.98 Å². The average Bonchev–Trinajstić information content (AvgIpc) is 3.14. The number of benzene rings is 2. The first-order valence-corrected chi connectivity index (χ1v) is 11.4. The number of hydrogen-bond donors (Lipinski definition) is 0. The van der Waals surface area contributed by atoms with E-state index in [4.69, 9.17) is 9.72 Å². The topological polar surface area (TPSA) is 45.7 Å². The average molecular weight is 424 g/mol. The van der Waals surface area contributed by atoms with Gasteiger partial charge in [0.05, 0.1) is 23.2 Å². The normalized spacial score (nSPS) is 14.4. The summed E-state index contributed by atoms with van der Waals surface area (Å²) in [4.78, 5) is 22.0. The molecule has 1 saturated heterocycles. The van der Waals surface area contributed by atoms with E-state index in [-0.39, 0.29) is 5.91 Å². The predicted molar refractivity (Wildman–Crippen MR) is 124 cm³/mol. The Hall–Kier alpha value is -2.60. The largest absolute Gasteiger partial charge is 0.494 e. The highest BCUT2D eigenvalue weighted by atomic mass is 32.1. The van der Waals surface area contributed by atoms with E-state index < -0.39 is 0 Å². The second kappa shape index (κ2) is 8.64. The quantitative estimate of drug-likeness (QED) is 0.606. The molecule has 3 aromatic rings. The van der Waals surface area contributed by atoms with E-state index >= 15 is 0 Å². The third kappa shape index (κ3) is 4.29. The summed E-state index contributed by atoms with van der Waals surface area (Å²) in [6.45, 7) is 12.1. The van der Waals surface area contributed by atoms with Gasteiger partial charge in [0, 0.05) is 26.2 Å². The van der Waals surface area contributed by atoms with Gasteiger partial charge in [-0.15, -0.1) is 0 Å². The molecule has 158 valence electrons. The molecule has 0 spiro atoms. The van der Waals surface area contributed by atoms with E-state index in [1.54, 1.807) is 11.3 Å². The maximum atomic E-state index is 12.9. The van der Waals surface area contributed by atoms with Crippen LogP contribution in [0.5, 0.6) is 5.75 Å². The Labute approximate surface area is 182 Å². The summed E-state index contributed by atoms with van der Waals surface area (Å²) in [6, 6.07) is 10.4. The summed E-state index contributed by atoms with van der Waals surface area (Å²) >= 11 is 1.69. The first-order chi connectivity index (χ1) is 14.4. The number of thiazole rings is 1. The lowest BCUT2D eigenvalue weighted by atomic mass is 9.97. The Bertz CT molecular complexity index is 1040. The Morgan fingerprint density at radius 2 is 1.77 bits per heavy atom. The van der Waals surface area contributed by atoms with Crippen molar-refractivity contribution in [2.45, 2.75) is 34.1 Å². The zero-order valence-corrected chi connectivity index (χ0v) is 19.0. The van der Waals surface area contributed by atoms with Gasteiger partial charge in [-0.1, -0.05) is 29.0 Å². The molecule has 2 aromatic carbocycles. The van der Waals surface area contributed by atoms with E-state index in [1.165, 1.54) is 22.3 Å². The van der Waals surface area contributed by atoms with Crippen molar-refractivity contribution < 1.29 is 9.53 Å². The summed E-state index contributed by atoms with van der Waals surface area (Å²) in [7, 11) is 0. The minimum Gasteiger partial charge on any atom is -0.494 e. The van der Waals surface area contributed by atoms with E-state index in [2.05, 4.69) is 43.9 Å². The molecule has 0 unspecified atom stereocenters. The van der Waals surface area contributed by atoms with Crippen LogP contribution in [0.2, 0.25) is 0 Å². The van der Waals surface area contributed by atoms with Gasteiger partial charge < -0.3 is 14.5 Å². The zero-order chi connectivity index (χ0) is 21.3. The van der Waals surface area contributed by atoms with Gasteiger partial charge in [0.15, 0.2) is 5.13 Å². The molecule has 5 nitrogen and oxygen atoms in total. The molecule has 0 saturated carbocycles. The SMILES string of the molecule is CCOc1ccc2nc(N3CCN(C(=O)Cc4c(C)cc(C)cc4C)CC3)sc2c1. The fourth-order valence-electron chi connectivity index (χ4n) is 4.18. The minimum absolute atomic E-state index is 0.218. The van der Waals surface area contributed by atoms with Crippen molar-refractivity contribution >= 4 is 32.6 Å². The third-order valence-electron chi connectivity index (χ3n) is 5.73. The van der Waals surface area contributed by atoms with E-state index in [1.807, 2.05) is 24.0 Å². The molecule has 0 radical (unpaired) electrons. The predicted octanol–water partition coefficient (Wildman–Crippen LogP) is 4.51. The molecule has 0 bridgehead atoms. The van der Waals surface area contributed by atoms with Crippen LogP contribution in [0.3, 0.4) is 0 Å². The third-order valence-corrected chi connectivity index (χ3v) is 6.81. The van der Waals surface area contributed by atoms with Crippen LogP contribution in [-0.2, 0) is 11.2 Å². The van der Waals surface area contributed by atoms with Crippen molar-refractivity contribution in [2.75, 3.05) is 37.7 Å². The molecule has 30 heavy (non-hydrogen) atoms. The minimum atomic E-state index is 0.218. The highest BCUT2D eigenvalue weighted by Gasteiger charge is 2.24. The first kappa shape index (κ1) is 20.7. The highest BCUT2D eigenvalue weighted by molar-refractivity contribution is 7.22. The number of ether oxygens (including phenoxy) is 1. The van der Waals surface area contributed by atoms with Gasteiger partial charge in [0.2, 0.25) is 5.91 Å². The van der Waals surface area contributed by atoms with E-state index in [9.17, 15) is 4.79 Å². The number of hydrogen-bond acceptors (Lipinski definition) is 5. The Kier molecular flexibility index (Phi) is 5.95. The Morgan fingerprint density at radius 3 is 2.43 bits per heavy atom. The maximum Gasteiger partial charge on any atom is 0.227 e.